The summed E-state index contributed by atoms with van der Waals surface area (Å²) in [7, 11) is -3.64. The molecule has 2 aromatic carbocycles. The highest BCUT2D eigenvalue weighted by Crippen LogP contribution is 2.26. The van der Waals surface area contributed by atoms with E-state index in [0.717, 1.165) is 11.1 Å². The summed E-state index contributed by atoms with van der Waals surface area (Å²) in [6, 6.07) is 17.2. The topological polar surface area (TPSA) is 76.9 Å². The van der Waals surface area contributed by atoms with Crippen LogP contribution in [0, 0.1) is 0 Å². The highest BCUT2D eigenvalue weighted by molar-refractivity contribution is 7.90. The molecule has 26 heavy (non-hydrogen) atoms. The lowest BCUT2D eigenvalue weighted by Gasteiger charge is -2.09. The molecule has 6 nitrogen and oxygen atoms in total. The largest absolute Gasteiger partial charge is 0.340 e. The van der Waals surface area contributed by atoms with Crippen LogP contribution in [0.4, 0.5) is 11.5 Å². The minimum absolute atomic E-state index is 0.149. The first kappa shape index (κ1) is 16.6. The molecule has 1 N–H and O–H groups in total. The van der Waals surface area contributed by atoms with Crippen molar-refractivity contribution in [1.82, 2.24) is 13.9 Å². The van der Waals surface area contributed by atoms with Gasteiger partial charge in [0.25, 0.3) is 10.0 Å². The van der Waals surface area contributed by atoms with Crippen LogP contribution in [0.3, 0.4) is 0 Å². The van der Waals surface area contributed by atoms with E-state index >= 15 is 0 Å². The first-order valence-electron chi connectivity index (χ1n) is 7.71. The van der Waals surface area contributed by atoms with Gasteiger partial charge in [-0.05, 0) is 54.1 Å². The van der Waals surface area contributed by atoms with Crippen molar-refractivity contribution in [3.05, 3.63) is 78.3 Å². The molecule has 0 aliphatic carbocycles. The van der Waals surface area contributed by atoms with Gasteiger partial charge in [0.2, 0.25) is 5.28 Å². The Hall–Kier alpha value is -2.90. The van der Waals surface area contributed by atoms with Gasteiger partial charge < -0.3 is 5.32 Å². The molecule has 0 atom stereocenters. The molecule has 2 aromatic heterocycles. The third kappa shape index (κ3) is 3.02. The Bertz CT molecular complexity index is 1190. The normalized spacial score (nSPS) is 11.6. The van der Waals surface area contributed by atoms with Crippen molar-refractivity contribution >= 4 is 44.0 Å². The summed E-state index contributed by atoms with van der Waals surface area (Å²) >= 11 is 5.79. The molecule has 0 fully saturated rings. The van der Waals surface area contributed by atoms with E-state index in [-0.39, 0.29) is 10.2 Å². The summed E-state index contributed by atoms with van der Waals surface area (Å²) in [6.07, 6.45) is 3.11. The van der Waals surface area contributed by atoms with Gasteiger partial charge in [-0.2, -0.15) is 0 Å². The van der Waals surface area contributed by atoms with Gasteiger partial charge in [0.15, 0.2) is 0 Å². The monoisotopic (exact) mass is 384 g/mol. The van der Waals surface area contributed by atoms with Crippen molar-refractivity contribution in [3.63, 3.8) is 0 Å². The summed E-state index contributed by atoms with van der Waals surface area (Å²) in [5.74, 6) is 0.556. The highest BCUT2D eigenvalue weighted by atomic mass is 35.5. The van der Waals surface area contributed by atoms with Crippen LogP contribution in [-0.2, 0) is 10.0 Å². The summed E-state index contributed by atoms with van der Waals surface area (Å²) in [6.45, 7) is 0. The van der Waals surface area contributed by atoms with Crippen molar-refractivity contribution < 1.29 is 8.42 Å². The first-order valence-corrected chi connectivity index (χ1v) is 9.53. The van der Waals surface area contributed by atoms with Gasteiger partial charge >= 0.3 is 0 Å². The van der Waals surface area contributed by atoms with Crippen molar-refractivity contribution in [1.29, 1.82) is 0 Å². The van der Waals surface area contributed by atoms with Gasteiger partial charge in [-0.1, -0.05) is 18.2 Å². The zero-order valence-electron chi connectivity index (χ0n) is 13.4. The van der Waals surface area contributed by atoms with E-state index in [1.807, 2.05) is 6.07 Å². The minimum atomic E-state index is -3.64. The average molecular weight is 385 g/mol. The smallest absolute Gasteiger partial charge is 0.268 e. The molecule has 0 radical (unpaired) electrons. The van der Waals surface area contributed by atoms with Crippen LogP contribution in [0.5, 0.6) is 0 Å². The van der Waals surface area contributed by atoms with E-state index in [9.17, 15) is 8.42 Å². The lowest BCUT2D eigenvalue weighted by molar-refractivity contribution is 0.589. The minimum Gasteiger partial charge on any atom is -0.340 e. The van der Waals surface area contributed by atoms with Gasteiger partial charge in [0.05, 0.1) is 10.4 Å². The third-order valence-electron chi connectivity index (χ3n) is 3.85. The molecule has 0 spiro atoms. The van der Waals surface area contributed by atoms with Crippen molar-refractivity contribution in [2.45, 2.75) is 4.90 Å². The Morgan fingerprint density at radius 1 is 1.00 bits per heavy atom. The van der Waals surface area contributed by atoms with Crippen LogP contribution in [-0.4, -0.2) is 22.4 Å². The van der Waals surface area contributed by atoms with Gasteiger partial charge in [-0.15, -0.1) is 0 Å². The summed E-state index contributed by atoms with van der Waals surface area (Å²) in [5, 5.41) is 4.06. The number of halogens is 1. The van der Waals surface area contributed by atoms with Crippen LogP contribution in [0.1, 0.15) is 0 Å². The lowest BCUT2D eigenvalue weighted by Crippen LogP contribution is -2.11. The maximum atomic E-state index is 12.8. The van der Waals surface area contributed by atoms with Crippen LogP contribution < -0.4 is 5.32 Å². The van der Waals surface area contributed by atoms with Crippen LogP contribution in [0.15, 0.2) is 78.0 Å². The van der Waals surface area contributed by atoms with Crippen LogP contribution in [0.2, 0.25) is 5.28 Å². The molecule has 4 rings (SSSR count). The number of fused-ring (bicyclic) bond motifs is 1. The number of anilines is 2. The Morgan fingerprint density at radius 3 is 2.58 bits per heavy atom. The molecular weight excluding hydrogens is 372 g/mol. The molecule has 0 aliphatic heterocycles. The number of rotatable bonds is 4. The summed E-state index contributed by atoms with van der Waals surface area (Å²) in [5.41, 5.74) is 1.36. The van der Waals surface area contributed by atoms with Crippen LogP contribution in [0.25, 0.3) is 10.9 Å². The molecule has 8 heteroatoms. The third-order valence-corrected chi connectivity index (χ3v) is 5.74. The predicted molar refractivity (Wildman–Crippen MR) is 101 cm³/mol. The van der Waals surface area contributed by atoms with Crippen molar-refractivity contribution in [2.75, 3.05) is 5.32 Å². The van der Waals surface area contributed by atoms with E-state index < -0.39 is 10.0 Å². The molecule has 2 heterocycles. The quantitative estimate of drug-likeness (QED) is 0.537. The fraction of sp³-hybridized carbons (Fsp3) is 0. The summed E-state index contributed by atoms with van der Waals surface area (Å²) < 4.78 is 27.0. The molecule has 0 bridgehead atoms. The Balaban J connectivity index is 1.72. The molecule has 0 saturated heterocycles. The second-order valence-corrected chi connectivity index (χ2v) is 7.69. The fourth-order valence-corrected chi connectivity index (χ4v) is 4.18. The maximum absolute atomic E-state index is 12.8. The molecule has 4 aromatic rings. The number of nitrogens with zero attached hydrogens (tertiary/aromatic N) is 3. The Kier molecular flexibility index (Phi) is 4.10. The number of hydrogen-bond donors (Lipinski definition) is 1. The lowest BCUT2D eigenvalue weighted by atomic mass is 10.2. The Labute approximate surface area is 155 Å². The average Bonchev–Trinajstić information content (AvgIpc) is 3.06. The number of benzene rings is 2. The van der Waals surface area contributed by atoms with Gasteiger partial charge in [0, 0.05) is 23.5 Å². The zero-order valence-corrected chi connectivity index (χ0v) is 14.9. The van der Waals surface area contributed by atoms with Gasteiger partial charge in [0.1, 0.15) is 5.82 Å². The number of nitrogens with one attached hydrogen (secondary N) is 1. The van der Waals surface area contributed by atoms with E-state index in [0.29, 0.717) is 11.3 Å². The van der Waals surface area contributed by atoms with E-state index in [2.05, 4.69) is 15.3 Å². The fourth-order valence-electron chi connectivity index (χ4n) is 2.66. The van der Waals surface area contributed by atoms with E-state index in [4.69, 9.17) is 11.6 Å². The second-order valence-electron chi connectivity index (χ2n) is 5.54. The van der Waals surface area contributed by atoms with E-state index in [1.165, 1.54) is 3.97 Å². The Morgan fingerprint density at radius 2 is 1.81 bits per heavy atom. The van der Waals surface area contributed by atoms with Gasteiger partial charge in [-0.3, -0.25) is 0 Å². The second kappa shape index (κ2) is 6.44. The van der Waals surface area contributed by atoms with Gasteiger partial charge in [-0.25, -0.2) is 22.4 Å². The number of hydrogen-bond acceptors (Lipinski definition) is 5. The zero-order chi connectivity index (χ0) is 18.1. The van der Waals surface area contributed by atoms with Crippen LogP contribution >= 0.6 is 11.6 Å². The molecular formula is C18H13ClN4O2S. The van der Waals surface area contributed by atoms with E-state index in [1.54, 1.807) is 67.0 Å². The first-order chi connectivity index (χ1) is 12.5. The predicted octanol–water partition coefficient (Wildman–Crippen LogP) is 4.07. The standard InChI is InChI=1S/C18H13ClN4O2S/c19-18-20-10-8-17(22-18)21-14-6-7-16-13(12-14)9-11-23(16)26(24,25)15-4-2-1-3-5-15/h1-12H,(H,20,21,22). The van der Waals surface area contributed by atoms with Crippen molar-refractivity contribution in [2.24, 2.45) is 0 Å². The molecule has 0 amide bonds. The molecule has 0 unspecified atom stereocenters. The molecule has 0 aliphatic rings. The SMILES string of the molecule is O=S(=O)(c1ccccc1)n1ccc2cc(Nc3ccnc(Cl)n3)ccc21. The molecule has 130 valence electrons. The summed E-state index contributed by atoms with van der Waals surface area (Å²) in [4.78, 5) is 8.16. The highest BCUT2D eigenvalue weighted by Gasteiger charge is 2.18. The maximum Gasteiger partial charge on any atom is 0.268 e. The molecule has 0 saturated carbocycles. The number of aromatic nitrogens is 3. The van der Waals surface area contributed by atoms with Crippen molar-refractivity contribution in [3.8, 4) is 0 Å².